The van der Waals surface area contributed by atoms with Crippen LogP contribution in [-0.4, -0.2) is 89.4 Å². The highest BCUT2D eigenvalue weighted by Gasteiger charge is 2.67. The number of fused-ring (bicyclic) bond motifs is 5. The molecule has 7 rings (SSSR count). The van der Waals surface area contributed by atoms with Gasteiger partial charge in [0.05, 0.1) is 53.2 Å². The molecule has 8 atom stereocenters. The minimum absolute atomic E-state index is 0.111. The van der Waals surface area contributed by atoms with Crippen LogP contribution in [0.2, 0.25) is 0 Å². The summed E-state index contributed by atoms with van der Waals surface area (Å²) in [4.78, 5) is 68.4. The summed E-state index contributed by atoms with van der Waals surface area (Å²) in [7, 11) is -2.65. The molecule has 13 nitrogen and oxygen atoms in total. The van der Waals surface area contributed by atoms with Crippen molar-refractivity contribution in [1.82, 2.24) is 19.6 Å². The molecule has 1 aromatic carbocycles. The fraction of sp³-hybridized carbons (Fsp3) is 0.721. The third kappa shape index (κ3) is 8.27. The number of ketones is 1. The quantitative estimate of drug-likeness (QED) is 0.279. The molecular formula is C43H58F2N4O9S. The Morgan fingerprint density at radius 3 is 2.44 bits per heavy atom. The number of ether oxygens (including phenoxy) is 3. The van der Waals surface area contributed by atoms with Gasteiger partial charge in [-0.15, -0.1) is 0 Å². The zero-order valence-electron chi connectivity index (χ0n) is 35.1. The van der Waals surface area contributed by atoms with Gasteiger partial charge in [0.2, 0.25) is 34.1 Å². The summed E-state index contributed by atoms with van der Waals surface area (Å²) in [5.74, 6) is -5.05. The molecule has 0 unspecified atom stereocenters. The first-order valence-corrected chi connectivity index (χ1v) is 22.6. The number of aryl methyl sites for hydroxylation is 1. The lowest BCUT2D eigenvalue weighted by Crippen LogP contribution is -2.50. The van der Waals surface area contributed by atoms with Gasteiger partial charge in [0, 0.05) is 30.2 Å². The number of amides is 2. The Balaban J connectivity index is 1.26. The highest BCUT2D eigenvalue weighted by Crippen LogP contribution is 2.59. The molecule has 3 heterocycles. The van der Waals surface area contributed by atoms with Crippen LogP contribution >= 0.6 is 0 Å². The Morgan fingerprint density at radius 1 is 1.08 bits per heavy atom. The largest absolute Gasteiger partial charge is 0.497 e. The average molecular weight is 845 g/mol. The van der Waals surface area contributed by atoms with E-state index in [0.717, 1.165) is 32.1 Å². The van der Waals surface area contributed by atoms with E-state index in [1.807, 2.05) is 38.5 Å². The van der Waals surface area contributed by atoms with E-state index in [1.165, 1.54) is 11.8 Å². The van der Waals surface area contributed by atoms with Crippen molar-refractivity contribution in [2.24, 2.45) is 34.5 Å². The minimum atomic E-state index is -4.20. The Labute approximate surface area is 345 Å². The number of Topliss-reactive ketones (excluding diaryl/α,β-unsaturated/α-hetero) is 1. The van der Waals surface area contributed by atoms with Gasteiger partial charge in [-0.1, -0.05) is 47.5 Å². The number of carbonyl (C=O) groups is 4. The second-order valence-corrected chi connectivity index (χ2v) is 21.3. The third-order valence-corrected chi connectivity index (χ3v) is 16.2. The smallest absolute Gasteiger partial charge is 0.307 e. The Hall–Kier alpha value is -3.95. The van der Waals surface area contributed by atoms with E-state index >= 15 is 0 Å². The summed E-state index contributed by atoms with van der Waals surface area (Å²) in [6, 6.07) is 4.09. The van der Waals surface area contributed by atoms with Crippen LogP contribution in [0.1, 0.15) is 118 Å². The van der Waals surface area contributed by atoms with Crippen molar-refractivity contribution < 1.29 is 50.6 Å². The molecule has 16 heteroatoms. The molecule has 1 saturated heterocycles. The first-order chi connectivity index (χ1) is 27.7. The summed E-state index contributed by atoms with van der Waals surface area (Å²) in [5.41, 5.74) is -1.59. The average Bonchev–Trinajstić information content (AvgIpc) is 4.12. The van der Waals surface area contributed by atoms with Crippen molar-refractivity contribution >= 4 is 44.6 Å². The van der Waals surface area contributed by atoms with Crippen molar-refractivity contribution in [3.8, 4) is 11.6 Å². The number of halogens is 2. The van der Waals surface area contributed by atoms with Gasteiger partial charge in [0.15, 0.2) is 5.78 Å². The van der Waals surface area contributed by atoms with E-state index in [4.69, 9.17) is 24.2 Å². The number of benzene rings is 1. The number of nitrogens with zero attached hydrogens (tertiary/aromatic N) is 3. The zero-order valence-corrected chi connectivity index (χ0v) is 36.0. The number of methoxy groups -OCH3 is 1. The summed E-state index contributed by atoms with van der Waals surface area (Å²) in [5, 5.41) is 0. The molecule has 1 aromatic heterocycles. The Kier molecular flexibility index (Phi) is 11.3. The summed E-state index contributed by atoms with van der Waals surface area (Å²) in [6.07, 6.45) is 0.887. The van der Waals surface area contributed by atoms with Crippen LogP contribution in [0, 0.1) is 34.5 Å². The van der Waals surface area contributed by atoms with Gasteiger partial charge in [0.25, 0.3) is 0 Å². The van der Waals surface area contributed by atoms with E-state index < -0.39 is 97.5 Å². The second kappa shape index (κ2) is 15.5. The molecule has 4 fully saturated rings. The number of hydrogen-bond acceptors (Lipinski definition) is 11. The Morgan fingerprint density at radius 2 is 1.81 bits per heavy atom. The van der Waals surface area contributed by atoms with Crippen molar-refractivity contribution in [3.63, 3.8) is 0 Å². The van der Waals surface area contributed by atoms with Gasteiger partial charge in [0.1, 0.15) is 23.1 Å². The number of rotatable bonds is 9. The molecule has 2 amide bonds. The lowest BCUT2D eigenvalue weighted by Gasteiger charge is -2.35. The van der Waals surface area contributed by atoms with E-state index in [2.05, 4.69) is 0 Å². The van der Waals surface area contributed by atoms with Crippen molar-refractivity contribution in [2.45, 2.75) is 148 Å². The molecule has 5 aliphatic rings. The molecule has 324 valence electrons. The molecule has 3 aliphatic carbocycles. The van der Waals surface area contributed by atoms with Crippen LogP contribution < -0.4 is 14.2 Å². The maximum atomic E-state index is 15.0. The van der Waals surface area contributed by atoms with Gasteiger partial charge in [-0.25, -0.2) is 27.2 Å². The normalized spacial score (nSPS) is 32.2. The number of esters is 1. The van der Waals surface area contributed by atoms with Gasteiger partial charge < -0.3 is 19.1 Å². The SMILES string of the molecule is CC[C@@]12C[C@H]1CCCCCc1nc3ccc(OC)cc3nc1O[C@H]1CN(C(=O)[C@H](C(C)(C)C)CC(=O)O2)[C@H](C(=O)C[C@]2(C(=O)NS(=O)(=O)C3(C)CC3)C[C@H]2C(F)F)[C@@H]1C. The minimum Gasteiger partial charge on any atom is -0.497 e. The number of aromatic nitrogens is 2. The number of hydrogen-bond donors (Lipinski definition) is 1. The van der Waals surface area contributed by atoms with E-state index in [-0.39, 0.29) is 31.2 Å². The molecule has 0 spiro atoms. The predicted octanol–water partition coefficient (Wildman–Crippen LogP) is 6.34. The molecule has 59 heavy (non-hydrogen) atoms. The van der Waals surface area contributed by atoms with Crippen molar-refractivity contribution in [1.29, 1.82) is 0 Å². The first-order valence-electron chi connectivity index (χ1n) is 21.1. The third-order valence-electron chi connectivity index (χ3n) is 14.1. The summed E-state index contributed by atoms with van der Waals surface area (Å²) in [6.45, 7) is 10.6. The number of carbonyl (C=O) groups excluding carboxylic acids is 4. The highest BCUT2D eigenvalue weighted by molar-refractivity contribution is 7.91. The maximum Gasteiger partial charge on any atom is 0.307 e. The maximum absolute atomic E-state index is 15.0. The van der Waals surface area contributed by atoms with Crippen molar-refractivity contribution in [2.75, 3.05) is 13.7 Å². The number of alkyl halides is 2. The first kappa shape index (κ1) is 43.1. The van der Waals surface area contributed by atoms with Crippen LogP contribution in [0.3, 0.4) is 0 Å². The number of sulfonamides is 1. The van der Waals surface area contributed by atoms with Crippen LogP contribution in [0.5, 0.6) is 11.6 Å². The second-order valence-electron chi connectivity index (χ2n) is 19.1. The topological polar surface area (TPSA) is 171 Å². The summed E-state index contributed by atoms with van der Waals surface area (Å²) >= 11 is 0. The summed E-state index contributed by atoms with van der Waals surface area (Å²) < 4.78 is 74.1. The molecule has 2 bridgehead atoms. The molecular weight excluding hydrogens is 787 g/mol. The Bertz CT molecular complexity index is 2120. The lowest BCUT2D eigenvalue weighted by molar-refractivity contribution is -0.159. The molecule has 0 radical (unpaired) electrons. The van der Waals surface area contributed by atoms with E-state index in [1.54, 1.807) is 26.2 Å². The molecule has 2 aromatic rings. The van der Waals surface area contributed by atoms with E-state index in [0.29, 0.717) is 48.2 Å². The van der Waals surface area contributed by atoms with Crippen molar-refractivity contribution in [3.05, 3.63) is 23.9 Å². The standard InChI is InChI=1S/C43H58F2N4O9S/c1-8-43-20-25(43)12-10-9-11-13-30-37(47-31-18-26(56-7)14-15-29(31)46-30)57-33-23-49(38(52)27(40(3,4)5)19-34(51)58-43)35(24(33)2)32(50)22-42(21-28(42)36(44)45)39(53)48-59(54,55)41(6)16-17-41/h14-15,18,24-25,27-28,33,35-36H,8-13,16-17,19-23H2,1-7H3,(H,48,53)/t24-,25-,27-,28+,33+,35+,42-,43-/m1/s1. The van der Waals surface area contributed by atoms with E-state index in [9.17, 15) is 36.4 Å². The lowest BCUT2D eigenvalue weighted by atomic mass is 9.77. The van der Waals surface area contributed by atoms with Gasteiger partial charge in [-0.2, -0.15) is 0 Å². The fourth-order valence-electron chi connectivity index (χ4n) is 9.41. The predicted molar refractivity (Wildman–Crippen MR) is 213 cm³/mol. The van der Waals surface area contributed by atoms with Gasteiger partial charge in [-0.3, -0.25) is 23.9 Å². The molecule has 2 aliphatic heterocycles. The number of nitrogens with one attached hydrogen (secondary N) is 1. The monoisotopic (exact) mass is 844 g/mol. The van der Waals surface area contributed by atoms with Gasteiger partial charge in [-0.05, 0) is 75.8 Å². The zero-order chi connectivity index (χ0) is 42.9. The van der Waals surface area contributed by atoms with Crippen LogP contribution in [0.15, 0.2) is 18.2 Å². The highest BCUT2D eigenvalue weighted by atomic mass is 32.2. The molecule has 1 N–H and O–H groups in total. The van der Waals surface area contributed by atoms with Gasteiger partial charge >= 0.3 is 5.97 Å². The molecule has 3 saturated carbocycles. The van der Waals surface area contributed by atoms with Crippen LogP contribution in [0.4, 0.5) is 8.78 Å². The van der Waals surface area contributed by atoms with Crippen LogP contribution in [-0.2, 0) is 40.4 Å². The van der Waals surface area contributed by atoms with Crippen LogP contribution in [0.25, 0.3) is 11.0 Å². The fourth-order valence-corrected chi connectivity index (χ4v) is 10.7.